The Morgan fingerprint density at radius 2 is 1.55 bits per heavy atom. The van der Waals surface area contributed by atoms with E-state index in [4.69, 9.17) is 4.74 Å². The van der Waals surface area contributed by atoms with Crippen LogP contribution in [0.15, 0.2) is 18.2 Å². The maximum Gasteiger partial charge on any atom is 0.405 e. The molecule has 0 aliphatic carbocycles. The summed E-state index contributed by atoms with van der Waals surface area (Å²) < 4.78 is 33.1. The summed E-state index contributed by atoms with van der Waals surface area (Å²) >= 11 is 0. The Bertz CT molecular complexity index is 1420. The molecule has 6 atom stereocenters. The molecule has 4 N–H and O–H groups in total. The SMILES string of the molecule is C[C@@H]1NC(=O)[C@H](C)N(C)C(=O)[C@@H]2CCCN2C(=O)[C@@H](NC(=O)[C@H](Cc2cc(F)cc(F)c2)NC(=O)O)COC(=O)[C@@H]2CCCN2C1=O. The van der Waals surface area contributed by atoms with E-state index >= 15 is 0 Å². The first-order valence-electron chi connectivity index (χ1n) is 15.3. The average molecular weight is 665 g/mol. The van der Waals surface area contributed by atoms with Gasteiger partial charge in [-0.15, -0.1) is 0 Å². The fraction of sp³-hybridized carbons (Fsp3) is 0.567. The van der Waals surface area contributed by atoms with Crippen LogP contribution < -0.4 is 16.0 Å². The Labute approximate surface area is 268 Å². The Morgan fingerprint density at radius 3 is 2.17 bits per heavy atom. The molecule has 1 aromatic rings. The van der Waals surface area contributed by atoms with Gasteiger partial charge >= 0.3 is 12.1 Å². The molecule has 6 amide bonds. The zero-order chi connectivity index (χ0) is 34.6. The lowest BCUT2D eigenvalue weighted by molar-refractivity contribution is -0.157. The van der Waals surface area contributed by atoms with Crippen molar-refractivity contribution >= 4 is 41.6 Å². The number of fused-ring (bicyclic) bond motifs is 2. The van der Waals surface area contributed by atoms with Gasteiger partial charge < -0.3 is 40.5 Å². The highest BCUT2D eigenvalue weighted by atomic mass is 19.1. The van der Waals surface area contributed by atoms with Crippen molar-refractivity contribution in [1.82, 2.24) is 30.7 Å². The zero-order valence-corrected chi connectivity index (χ0v) is 26.2. The van der Waals surface area contributed by atoms with Crippen molar-refractivity contribution < 1.29 is 52.2 Å². The molecule has 3 aliphatic heterocycles. The zero-order valence-electron chi connectivity index (χ0n) is 26.2. The maximum atomic E-state index is 13.9. The van der Waals surface area contributed by atoms with Gasteiger partial charge in [0, 0.05) is 32.6 Å². The van der Waals surface area contributed by atoms with Gasteiger partial charge in [-0.3, -0.25) is 24.0 Å². The standard InChI is InChI=1S/C30H38F2N6O9/c1-15-26(41)38-9-5-7-23(38)29(44)47-14-21(27(42)37-8-4-6-22(37)28(43)36(3)16(2)24(39)33-15)34-25(40)20(35-30(45)46)12-17-10-18(31)13-19(32)11-17/h10-11,13,15-16,20-23,35H,4-9,12,14H2,1-3H3,(H,33,39)(H,34,40)(H,45,46)/t15-,16-,20-,21-,22-,23-/m0/s1. The summed E-state index contributed by atoms with van der Waals surface area (Å²) in [6, 6.07) is -4.96. The topological polar surface area (TPSA) is 195 Å². The Kier molecular flexibility index (Phi) is 11.0. The van der Waals surface area contributed by atoms with E-state index in [1.54, 1.807) is 0 Å². The predicted octanol–water partition coefficient (Wildman–Crippen LogP) is -0.481. The van der Waals surface area contributed by atoms with Gasteiger partial charge in [0.1, 0.15) is 54.5 Å². The van der Waals surface area contributed by atoms with Crippen LogP contribution in [0.4, 0.5) is 13.6 Å². The fourth-order valence-electron chi connectivity index (χ4n) is 6.04. The number of nitrogens with one attached hydrogen (secondary N) is 3. The molecule has 0 aromatic heterocycles. The minimum absolute atomic E-state index is 0.0567. The number of carbonyl (C=O) groups is 7. The van der Waals surface area contributed by atoms with Crippen LogP contribution in [-0.2, 0) is 39.9 Å². The Morgan fingerprint density at radius 1 is 0.957 bits per heavy atom. The second-order valence-electron chi connectivity index (χ2n) is 11.9. The number of amides is 6. The van der Waals surface area contributed by atoms with E-state index in [1.807, 2.05) is 5.32 Å². The van der Waals surface area contributed by atoms with Crippen LogP contribution in [0.2, 0.25) is 0 Å². The number of carboxylic acid groups (broad SMARTS) is 1. The van der Waals surface area contributed by atoms with Gasteiger partial charge in [0.05, 0.1) is 0 Å². The van der Waals surface area contributed by atoms with Gasteiger partial charge in [0.25, 0.3) is 0 Å². The summed E-state index contributed by atoms with van der Waals surface area (Å²) in [5, 5.41) is 16.3. The van der Waals surface area contributed by atoms with Crippen LogP contribution in [0.25, 0.3) is 0 Å². The van der Waals surface area contributed by atoms with Gasteiger partial charge in [-0.2, -0.15) is 0 Å². The van der Waals surface area contributed by atoms with E-state index in [9.17, 15) is 47.4 Å². The largest absolute Gasteiger partial charge is 0.465 e. The summed E-state index contributed by atoms with van der Waals surface area (Å²) in [5.41, 5.74) is -0.0567. The third-order valence-electron chi connectivity index (χ3n) is 8.65. The van der Waals surface area contributed by atoms with Gasteiger partial charge in [-0.1, -0.05) is 0 Å². The van der Waals surface area contributed by atoms with Gasteiger partial charge in [0.2, 0.25) is 29.5 Å². The third kappa shape index (κ3) is 8.13. The molecule has 47 heavy (non-hydrogen) atoms. The highest BCUT2D eigenvalue weighted by molar-refractivity contribution is 5.97. The number of likely N-dealkylation sites (N-methyl/N-ethyl adjacent to an activating group) is 1. The number of cyclic esters (lactones) is 1. The van der Waals surface area contributed by atoms with Crippen molar-refractivity contribution in [2.45, 2.75) is 82.2 Å². The lowest BCUT2D eigenvalue weighted by Crippen LogP contribution is -2.60. The fourth-order valence-corrected chi connectivity index (χ4v) is 6.04. The summed E-state index contributed by atoms with van der Waals surface area (Å²) in [6.45, 7) is 2.48. The summed E-state index contributed by atoms with van der Waals surface area (Å²) in [7, 11) is 1.39. The predicted molar refractivity (Wildman–Crippen MR) is 157 cm³/mol. The summed E-state index contributed by atoms with van der Waals surface area (Å²) in [5.74, 6) is -6.42. The van der Waals surface area contributed by atoms with Crippen molar-refractivity contribution in [1.29, 1.82) is 0 Å². The lowest BCUT2D eigenvalue weighted by atomic mass is 10.0. The van der Waals surface area contributed by atoms with Crippen molar-refractivity contribution in [3.05, 3.63) is 35.4 Å². The molecule has 0 spiro atoms. The van der Waals surface area contributed by atoms with Crippen LogP contribution >= 0.6 is 0 Å². The molecule has 1 aromatic carbocycles. The highest BCUT2D eigenvalue weighted by Crippen LogP contribution is 2.23. The molecular formula is C30H38F2N6O9. The number of halogens is 2. The van der Waals surface area contributed by atoms with Crippen LogP contribution in [0.5, 0.6) is 0 Å². The number of nitrogens with zero attached hydrogens (tertiary/aromatic N) is 3. The second kappa shape index (κ2) is 14.7. The molecule has 0 bridgehead atoms. The normalized spacial score (nSPS) is 26.7. The van der Waals surface area contributed by atoms with Crippen LogP contribution in [-0.4, -0.2) is 124 Å². The molecule has 15 nitrogen and oxygen atoms in total. The van der Waals surface area contributed by atoms with Crippen molar-refractivity contribution in [3.8, 4) is 0 Å². The molecular weight excluding hydrogens is 626 g/mol. The highest BCUT2D eigenvalue weighted by Gasteiger charge is 2.43. The number of esters is 1. The van der Waals surface area contributed by atoms with E-state index in [-0.39, 0.29) is 31.5 Å². The van der Waals surface area contributed by atoms with E-state index in [0.717, 1.165) is 17.0 Å². The van der Waals surface area contributed by atoms with Crippen molar-refractivity contribution in [3.63, 3.8) is 0 Å². The number of hydrogen-bond acceptors (Lipinski definition) is 8. The van der Waals surface area contributed by atoms with E-state index in [2.05, 4.69) is 10.6 Å². The van der Waals surface area contributed by atoms with Gasteiger partial charge in [0.15, 0.2) is 0 Å². The van der Waals surface area contributed by atoms with Gasteiger partial charge in [-0.05, 0) is 57.2 Å². The van der Waals surface area contributed by atoms with Crippen LogP contribution in [0.3, 0.4) is 0 Å². The first kappa shape index (κ1) is 35.0. The van der Waals surface area contributed by atoms with Gasteiger partial charge in [-0.25, -0.2) is 18.4 Å². The van der Waals surface area contributed by atoms with Crippen LogP contribution in [0.1, 0.15) is 45.1 Å². The number of benzene rings is 1. The molecule has 256 valence electrons. The minimum Gasteiger partial charge on any atom is -0.465 e. The van der Waals surface area contributed by atoms with E-state index in [0.29, 0.717) is 18.9 Å². The monoisotopic (exact) mass is 664 g/mol. The molecule has 3 aliphatic rings. The van der Waals surface area contributed by atoms with Crippen LogP contribution in [0, 0.1) is 11.6 Å². The first-order valence-corrected chi connectivity index (χ1v) is 15.3. The van der Waals surface area contributed by atoms with E-state index < -0.39 is 103 Å². The molecule has 3 heterocycles. The molecule has 3 saturated heterocycles. The number of hydrogen-bond donors (Lipinski definition) is 4. The molecule has 3 fully saturated rings. The quantitative estimate of drug-likeness (QED) is 0.301. The number of rotatable bonds is 5. The molecule has 0 unspecified atom stereocenters. The number of carbonyl (C=O) groups excluding carboxylic acids is 6. The van der Waals surface area contributed by atoms with E-state index in [1.165, 1.54) is 30.7 Å². The number of ether oxygens (including phenoxy) is 1. The average Bonchev–Trinajstić information content (AvgIpc) is 3.70. The molecule has 0 radical (unpaired) electrons. The Hall–Kier alpha value is -4.83. The minimum atomic E-state index is -1.64. The Balaban J connectivity index is 1.66. The maximum absolute atomic E-state index is 13.9. The first-order chi connectivity index (χ1) is 22.2. The molecule has 0 saturated carbocycles. The van der Waals surface area contributed by atoms with Crippen molar-refractivity contribution in [2.75, 3.05) is 26.7 Å². The third-order valence-corrected chi connectivity index (χ3v) is 8.65. The lowest BCUT2D eigenvalue weighted by Gasteiger charge is -2.34. The van der Waals surface area contributed by atoms with Crippen molar-refractivity contribution in [2.24, 2.45) is 0 Å². The smallest absolute Gasteiger partial charge is 0.405 e. The summed E-state index contributed by atoms with van der Waals surface area (Å²) in [4.78, 5) is 95.6. The second-order valence-corrected chi connectivity index (χ2v) is 11.9. The molecule has 17 heteroatoms. The molecule has 4 rings (SSSR count). The summed E-state index contributed by atoms with van der Waals surface area (Å²) in [6.07, 6.45) is -0.813.